The van der Waals surface area contributed by atoms with Crippen molar-refractivity contribution in [2.45, 2.75) is 32.6 Å². The van der Waals surface area contributed by atoms with Crippen LogP contribution in [0.25, 0.3) is 0 Å². The zero-order chi connectivity index (χ0) is 16.4. The van der Waals surface area contributed by atoms with Crippen molar-refractivity contribution in [2.75, 3.05) is 11.6 Å². The first-order valence-electron chi connectivity index (χ1n) is 6.08. The lowest BCUT2D eigenvalue weighted by molar-refractivity contribution is -0.625. The van der Waals surface area contributed by atoms with E-state index in [0.29, 0.717) is 16.3 Å². The SMILES string of the molecule is Cc1cc(C)c(S(=O)(=O)[O-])c(C)c1.Cc1csc(N)[n+]1N. The molecule has 0 unspecified atom stereocenters. The Balaban J connectivity index is 0.000000235. The standard InChI is InChI=1S/C9H12O3S.C4H7N3S/c1-6-4-7(2)9(8(3)5-6)13(10,11)12;1-3-2-8-4(5)7(3)6/h4-5H,1-3H3,(H,10,11,12);2,5H,6H2,1H3. The summed E-state index contributed by atoms with van der Waals surface area (Å²) in [7, 11) is -4.33. The Hall–Kier alpha value is -1.64. The molecule has 0 amide bonds. The number of nitrogens with zero attached hydrogens (tertiary/aromatic N) is 1. The summed E-state index contributed by atoms with van der Waals surface area (Å²) >= 11 is 1.45. The fourth-order valence-corrected chi connectivity index (χ4v) is 3.56. The molecule has 116 valence electrons. The summed E-state index contributed by atoms with van der Waals surface area (Å²) < 4.78 is 34.0. The van der Waals surface area contributed by atoms with E-state index in [-0.39, 0.29) is 4.90 Å². The molecule has 0 aliphatic carbocycles. The van der Waals surface area contributed by atoms with E-state index < -0.39 is 10.1 Å². The molecule has 0 saturated heterocycles. The van der Waals surface area contributed by atoms with Gasteiger partial charge >= 0.3 is 5.13 Å². The second-order valence-electron chi connectivity index (χ2n) is 4.77. The van der Waals surface area contributed by atoms with Gasteiger partial charge in [0.05, 0.1) is 4.90 Å². The average molecular weight is 329 g/mol. The summed E-state index contributed by atoms with van der Waals surface area (Å²) in [5.41, 5.74) is 8.39. The number of hydrogen-bond acceptors (Lipinski definition) is 6. The third kappa shape index (κ3) is 4.42. The van der Waals surface area contributed by atoms with Crippen molar-refractivity contribution in [1.82, 2.24) is 0 Å². The molecule has 0 saturated carbocycles. The van der Waals surface area contributed by atoms with Crippen molar-refractivity contribution in [2.24, 2.45) is 0 Å². The Kier molecular flexibility index (Phi) is 5.32. The van der Waals surface area contributed by atoms with Gasteiger partial charge in [0.25, 0.3) is 0 Å². The van der Waals surface area contributed by atoms with E-state index in [2.05, 4.69) is 0 Å². The monoisotopic (exact) mass is 329 g/mol. The van der Waals surface area contributed by atoms with Crippen molar-refractivity contribution < 1.29 is 17.6 Å². The van der Waals surface area contributed by atoms with E-state index in [9.17, 15) is 13.0 Å². The third-order valence-corrected chi connectivity index (χ3v) is 4.86. The zero-order valence-electron chi connectivity index (χ0n) is 12.4. The van der Waals surface area contributed by atoms with Crippen molar-refractivity contribution in [3.63, 3.8) is 0 Å². The van der Waals surface area contributed by atoms with Crippen LogP contribution in [0.2, 0.25) is 0 Å². The second kappa shape index (κ2) is 6.42. The number of nitrogen functional groups attached to an aromatic ring is 2. The minimum Gasteiger partial charge on any atom is -0.744 e. The van der Waals surface area contributed by atoms with Gasteiger partial charge in [-0.3, -0.25) is 11.6 Å². The number of hydrogen-bond donors (Lipinski definition) is 2. The van der Waals surface area contributed by atoms with E-state index >= 15 is 0 Å². The first-order chi connectivity index (χ1) is 9.54. The highest BCUT2D eigenvalue weighted by atomic mass is 32.2. The predicted octanol–water partition coefficient (Wildman–Crippen LogP) is 1.16. The van der Waals surface area contributed by atoms with Crippen molar-refractivity contribution >= 4 is 26.6 Å². The smallest absolute Gasteiger partial charge is 0.355 e. The molecule has 0 aliphatic rings. The lowest BCUT2D eigenvalue weighted by Crippen LogP contribution is -2.47. The minimum absolute atomic E-state index is 0.0851. The number of aryl methyl sites for hydroxylation is 4. The average Bonchev–Trinajstić information content (AvgIpc) is 2.58. The molecular weight excluding hydrogens is 310 g/mol. The Morgan fingerprint density at radius 1 is 1.14 bits per heavy atom. The fraction of sp³-hybridized carbons (Fsp3) is 0.308. The predicted molar refractivity (Wildman–Crippen MR) is 82.4 cm³/mol. The normalized spacial score (nSPS) is 10.9. The van der Waals surface area contributed by atoms with Gasteiger partial charge in [0, 0.05) is 12.3 Å². The van der Waals surface area contributed by atoms with Crippen LogP contribution in [0, 0.1) is 27.7 Å². The zero-order valence-corrected chi connectivity index (χ0v) is 14.0. The van der Waals surface area contributed by atoms with E-state index in [1.807, 2.05) is 19.2 Å². The largest absolute Gasteiger partial charge is 0.744 e. The van der Waals surface area contributed by atoms with Gasteiger partial charge in [-0.2, -0.15) is 0 Å². The quantitative estimate of drug-likeness (QED) is 0.463. The molecule has 0 aliphatic heterocycles. The highest BCUT2D eigenvalue weighted by molar-refractivity contribution is 7.85. The van der Waals surface area contributed by atoms with Gasteiger partial charge in [-0.1, -0.05) is 29.0 Å². The summed E-state index contributed by atoms with van der Waals surface area (Å²) in [6.45, 7) is 7.03. The Morgan fingerprint density at radius 2 is 1.62 bits per heavy atom. The highest BCUT2D eigenvalue weighted by Gasteiger charge is 2.09. The molecule has 1 aromatic carbocycles. The molecule has 0 fully saturated rings. The molecule has 1 aromatic heterocycles. The summed E-state index contributed by atoms with van der Waals surface area (Å²) in [4.78, 5) is -0.0851. The van der Waals surface area contributed by atoms with Crippen molar-refractivity contribution in [3.05, 3.63) is 39.9 Å². The maximum atomic E-state index is 10.8. The molecule has 4 N–H and O–H groups in total. The number of thiazole rings is 1. The van der Waals surface area contributed by atoms with Crippen LogP contribution >= 0.6 is 11.3 Å². The van der Waals surface area contributed by atoms with Crippen LogP contribution in [0.4, 0.5) is 5.13 Å². The van der Waals surface area contributed by atoms with E-state index in [0.717, 1.165) is 11.3 Å². The molecule has 21 heavy (non-hydrogen) atoms. The Bertz CT molecular complexity index is 710. The molecule has 6 nitrogen and oxygen atoms in total. The summed E-state index contributed by atoms with van der Waals surface area (Å²) in [6, 6.07) is 3.38. The molecule has 2 rings (SSSR count). The van der Waals surface area contributed by atoms with Crippen LogP contribution in [-0.2, 0) is 10.1 Å². The van der Waals surface area contributed by atoms with E-state index in [4.69, 9.17) is 11.6 Å². The van der Waals surface area contributed by atoms with Gasteiger partial charge in [0.15, 0.2) is 0 Å². The maximum Gasteiger partial charge on any atom is 0.355 e. The van der Waals surface area contributed by atoms with Gasteiger partial charge < -0.3 is 4.55 Å². The molecular formula is C13H19N3O3S2. The van der Waals surface area contributed by atoms with Crippen LogP contribution < -0.4 is 16.3 Å². The molecule has 0 radical (unpaired) electrons. The molecule has 2 aromatic rings. The minimum atomic E-state index is -4.33. The number of nitrogens with two attached hydrogens (primary N) is 2. The lowest BCUT2D eigenvalue weighted by atomic mass is 10.1. The van der Waals surface area contributed by atoms with Gasteiger partial charge in [-0.05, 0) is 31.9 Å². The lowest BCUT2D eigenvalue weighted by Gasteiger charge is -2.14. The number of rotatable bonds is 1. The molecule has 0 atom stereocenters. The topological polar surface area (TPSA) is 113 Å². The maximum absolute atomic E-state index is 10.8. The van der Waals surface area contributed by atoms with E-state index in [1.165, 1.54) is 16.0 Å². The van der Waals surface area contributed by atoms with Crippen LogP contribution in [0.1, 0.15) is 22.4 Å². The van der Waals surface area contributed by atoms with Gasteiger partial charge in [-0.15, -0.1) is 4.68 Å². The van der Waals surface area contributed by atoms with Gasteiger partial charge in [0.2, 0.25) is 0 Å². The van der Waals surface area contributed by atoms with Crippen LogP contribution in [0.3, 0.4) is 0 Å². The summed E-state index contributed by atoms with van der Waals surface area (Å²) in [6.07, 6.45) is 0. The number of anilines is 1. The van der Waals surface area contributed by atoms with Crippen LogP contribution in [0.15, 0.2) is 22.4 Å². The van der Waals surface area contributed by atoms with Crippen molar-refractivity contribution in [3.8, 4) is 0 Å². The molecule has 1 heterocycles. The first kappa shape index (κ1) is 17.4. The van der Waals surface area contributed by atoms with Crippen LogP contribution in [0.5, 0.6) is 0 Å². The van der Waals surface area contributed by atoms with Crippen LogP contribution in [-0.4, -0.2) is 13.0 Å². The summed E-state index contributed by atoms with van der Waals surface area (Å²) in [5, 5.41) is 2.55. The third-order valence-electron chi connectivity index (χ3n) is 2.82. The molecule has 8 heteroatoms. The molecule has 0 spiro atoms. The second-order valence-corrected chi connectivity index (χ2v) is 6.97. The van der Waals surface area contributed by atoms with Gasteiger partial charge in [-0.25, -0.2) is 8.42 Å². The Morgan fingerprint density at radius 3 is 1.86 bits per heavy atom. The number of benzene rings is 1. The van der Waals surface area contributed by atoms with E-state index in [1.54, 1.807) is 26.0 Å². The number of aromatic nitrogens is 1. The first-order valence-corrected chi connectivity index (χ1v) is 8.37. The summed E-state index contributed by atoms with van der Waals surface area (Å²) in [5.74, 6) is 5.40. The van der Waals surface area contributed by atoms with Crippen molar-refractivity contribution in [1.29, 1.82) is 0 Å². The Labute approximate surface area is 128 Å². The van der Waals surface area contributed by atoms with Gasteiger partial charge in [0.1, 0.15) is 15.8 Å². The highest BCUT2D eigenvalue weighted by Crippen LogP contribution is 2.20. The molecule has 0 bridgehead atoms. The fourth-order valence-electron chi connectivity index (χ4n) is 1.99.